The summed E-state index contributed by atoms with van der Waals surface area (Å²) < 4.78 is 2.56. The van der Waals surface area contributed by atoms with E-state index in [0.29, 0.717) is 0 Å². The van der Waals surface area contributed by atoms with Gasteiger partial charge >= 0.3 is 0 Å². The van der Waals surface area contributed by atoms with Crippen LogP contribution in [0.5, 0.6) is 0 Å². The molecule has 0 fully saturated rings. The van der Waals surface area contributed by atoms with Crippen LogP contribution in [-0.2, 0) is 0 Å². The minimum absolute atomic E-state index is 1.28. The first-order chi connectivity index (χ1) is 10.2. The lowest BCUT2D eigenvalue weighted by atomic mass is 10.3. The maximum absolute atomic E-state index is 8.33. The Kier molecular flexibility index (Phi) is 17.9. The van der Waals surface area contributed by atoms with Crippen LogP contribution in [-0.4, -0.2) is 67.5 Å². The lowest BCUT2D eigenvalue weighted by Gasteiger charge is -2.34. The van der Waals surface area contributed by atoms with E-state index >= 15 is 0 Å². The SMILES string of the molecule is CC[N+](CC)(CC)CC.CC[N+](CC)(CC)CC.O=C([O-])[O-]. The second-order valence-corrected chi connectivity index (χ2v) is 5.46. The van der Waals surface area contributed by atoms with E-state index in [9.17, 15) is 0 Å². The van der Waals surface area contributed by atoms with Crippen LogP contribution < -0.4 is 10.2 Å². The van der Waals surface area contributed by atoms with Gasteiger partial charge in [0.2, 0.25) is 0 Å². The summed E-state index contributed by atoms with van der Waals surface area (Å²) in [6.07, 6.45) is -2.33. The molecule has 0 saturated heterocycles. The van der Waals surface area contributed by atoms with Crippen molar-refractivity contribution in [2.45, 2.75) is 55.4 Å². The van der Waals surface area contributed by atoms with Crippen molar-refractivity contribution in [3.63, 3.8) is 0 Å². The molecule has 0 saturated carbocycles. The highest BCUT2D eigenvalue weighted by atomic mass is 16.6. The Balaban J connectivity index is -0.000000266. The highest BCUT2D eigenvalue weighted by Gasteiger charge is 2.16. The zero-order valence-corrected chi connectivity index (χ0v) is 16.3. The molecular formula is C17H40N2O3. The summed E-state index contributed by atoms with van der Waals surface area (Å²) in [5.74, 6) is 0. The molecule has 0 aromatic rings. The summed E-state index contributed by atoms with van der Waals surface area (Å²) in [5.41, 5.74) is 0. The van der Waals surface area contributed by atoms with E-state index in [4.69, 9.17) is 15.0 Å². The highest BCUT2D eigenvalue weighted by Crippen LogP contribution is 2.03. The summed E-state index contributed by atoms with van der Waals surface area (Å²) in [6, 6.07) is 0. The molecule has 0 aromatic heterocycles. The third-order valence-corrected chi connectivity index (χ3v) is 5.37. The number of nitrogens with zero attached hydrogens (tertiary/aromatic N) is 2. The fourth-order valence-electron chi connectivity index (χ4n) is 2.68. The normalized spacial score (nSPS) is 10.9. The van der Waals surface area contributed by atoms with Crippen molar-refractivity contribution in [1.82, 2.24) is 0 Å². The molecule has 0 bridgehead atoms. The number of hydrogen-bond donors (Lipinski definition) is 0. The van der Waals surface area contributed by atoms with Gasteiger partial charge in [-0.1, -0.05) is 0 Å². The average molecular weight is 321 g/mol. The van der Waals surface area contributed by atoms with Crippen molar-refractivity contribution in [2.75, 3.05) is 52.4 Å². The van der Waals surface area contributed by atoms with Gasteiger partial charge in [0.1, 0.15) is 0 Å². The third kappa shape index (κ3) is 11.8. The van der Waals surface area contributed by atoms with Gasteiger partial charge in [0.25, 0.3) is 0 Å². The lowest BCUT2D eigenvalue weighted by Crippen LogP contribution is -2.47. The summed E-state index contributed by atoms with van der Waals surface area (Å²) in [5, 5.41) is 16.7. The van der Waals surface area contributed by atoms with E-state index in [1.807, 2.05) is 0 Å². The van der Waals surface area contributed by atoms with E-state index in [2.05, 4.69) is 55.4 Å². The van der Waals surface area contributed by atoms with Crippen molar-refractivity contribution in [3.05, 3.63) is 0 Å². The molecule has 0 radical (unpaired) electrons. The number of carboxylic acid groups (broad SMARTS) is 2. The second-order valence-electron chi connectivity index (χ2n) is 5.46. The number of rotatable bonds is 8. The number of carbonyl (C=O) groups excluding carboxylic acids is 1. The molecular weight excluding hydrogens is 280 g/mol. The molecule has 0 rings (SSSR count). The van der Waals surface area contributed by atoms with Gasteiger partial charge in [0.05, 0.1) is 52.4 Å². The van der Waals surface area contributed by atoms with E-state index in [-0.39, 0.29) is 0 Å². The van der Waals surface area contributed by atoms with Crippen LogP contribution in [0.25, 0.3) is 0 Å². The second kappa shape index (κ2) is 15.1. The van der Waals surface area contributed by atoms with Gasteiger partial charge in [-0.05, 0) is 61.5 Å². The Bertz CT molecular complexity index is 191. The smallest absolute Gasteiger partial charge is 0.0757 e. The minimum atomic E-state index is -2.33. The fourth-order valence-corrected chi connectivity index (χ4v) is 2.68. The number of quaternary nitrogens is 2. The molecule has 5 heteroatoms. The van der Waals surface area contributed by atoms with Crippen LogP contribution >= 0.6 is 0 Å². The summed E-state index contributed by atoms with van der Waals surface area (Å²) in [4.78, 5) is 8.33. The van der Waals surface area contributed by atoms with Gasteiger partial charge in [-0.2, -0.15) is 0 Å². The molecule has 0 aromatic carbocycles. The van der Waals surface area contributed by atoms with Gasteiger partial charge in [-0.3, -0.25) is 0 Å². The zero-order chi connectivity index (χ0) is 18.2. The maximum Gasteiger partial charge on any atom is 0.0757 e. The van der Waals surface area contributed by atoms with Gasteiger partial charge in [0, 0.05) is 0 Å². The third-order valence-electron chi connectivity index (χ3n) is 5.37. The van der Waals surface area contributed by atoms with E-state index in [0.717, 1.165) is 0 Å². The van der Waals surface area contributed by atoms with Gasteiger partial charge < -0.3 is 24.0 Å². The Morgan fingerprint density at radius 3 is 0.636 bits per heavy atom. The van der Waals surface area contributed by atoms with Gasteiger partial charge in [0.15, 0.2) is 0 Å². The topological polar surface area (TPSA) is 63.2 Å². The Hall–Kier alpha value is -0.810. The first-order valence-electron chi connectivity index (χ1n) is 8.80. The highest BCUT2D eigenvalue weighted by molar-refractivity contribution is 5.47. The quantitative estimate of drug-likeness (QED) is 0.634. The monoisotopic (exact) mass is 320 g/mol. The standard InChI is InChI=1S/2C8H20N.CH2O3/c2*1-5-9(6-2,7-3)8-4;2-1(3)4/h2*5-8H2,1-4H3;(H2,2,3,4)/q2*+1;/p-2. The van der Waals surface area contributed by atoms with Crippen molar-refractivity contribution in [2.24, 2.45) is 0 Å². The van der Waals surface area contributed by atoms with E-state index < -0.39 is 6.16 Å². The molecule has 0 N–H and O–H groups in total. The predicted molar refractivity (Wildman–Crippen MR) is 90.2 cm³/mol. The molecule has 0 heterocycles. The fraction of sp³-hybridized carbons (Fsp3) is 0.941. The van der Waals surface area contributed by atoms with Gasteiger partial charge in [-0.15, -0.1) is 0 Å². The molecule has 0 atom stereocenters. The van der Waals surface area contributed by atoms with Gasteiger partial charge in [-0.25, -0.2) is 0 Å². The number of carbonyl (C=O) groups is 1. The van der Waals surface area contributed by atoms with E-state index in [1.54, 1.807) is 0 Å². The maximum atomic E-state index is 8.33. The zero-order valence-electron chi connectivity index (χ0n) is 16.3. The Morgan fingerprint density at radius 1 is 0.545 bits per heavy atom. The van der Waals surface area contributed by atoms with Crippen LogP contribution in [0.1, 0.15) is 55.4 Å². The molecule has 22 heavy (non-hydrogen) atoms. The molecule has 0 unspecified atom stereocenters. The average Bonchev–Trinajstić information content (AvgIpc) is 2.53. The van der Waals surface area contributed by atoms with Crippen molar-refractivity contribution < 1.29 is 24.0 Å². The van der Waals surface area contributed by atoms with Crippen LogP contribution in [0.4, 0.5) is 4.79 Å². The van der Waals surface area contributed by atoms with Crippen LogP contribution in [0.15, 0.2) is 0 Å². The van der Waals surface area contributed by atoms with Crippen LogP contribution in [0.3, 0.4) is 0 Å². The Morgan fingerprint density at radius 2 is 0.636 bits per heavy atom. The van der Waals surface area contributed by atoms with Crippen molar-refractivity contribution in [3.8, 4) is 0 Å². The minimum Gasteiger partial charge on any atom is -0.652 e. The molecule has 136 valence electrons. The molecule has 0 amide bonds. The predicted octanol–water partition coefficient (Wildman–Crippen LogP) is 1.32. The van der Waals surface area contributed by atoms with Crippen molar-refractivity contribution >= 4 is 6.16 Å². The summed E-state index contributed by atoms with van der Waals surface area (Å²) in [7, 11) is 0. The first-order valence-corrected chi connectivity index (χ1v) is 8.80. The van der Waals surface area contributed by atoms with Crippen LogP contribution in [0, 0.1) is 0 Å². The molecule has 0 aliphatic heterocycles. The number of hydrogen-bond acceptors (Lipinski definition) is 3. The van der Waals surface area contributed by atoms with Crippen molar-refractivity contribution in [1.29, 1.82) is 0 Å². The summed E-state index contributed by atoms with van der Waals surface area (Å²) in [6.45, 7) is 28.4. The van der Waals surface area contributed by atoms with E-state index in [1.165, 1.54) is 61.3 Å². The Labute approximate surface area is 138 Å². The summed E-state index contributed by atoms with van der Waals surface area (Å²) >= 11 is 0. The molecule has 5 nitrogen and oxygen atoms in total. The van der Waals surface area contributed by atoms with Crippen LogP contribution in [0.2, 0.25) is 0 Å². The molecule has 0 aliphatic carbocycles. The first kappa shape index (κ1) is 26.1. The lowest BCUT2D eigenvalue weighted by molar-refractivity contribution is -0.921. The molecule has 0 aliphatic rings. The largest absolute Gasteiger partial charge is 0.652 e. The molecule has 0 spiro atoms.